The molecule has 3 aliphatic carbocycles. The van der Waals surface area contributed by atoms with Gasteiger partial charge in [-0.15, -0.1) is 0 Å². The van der Waals surface area contributed by atoms with Crippen LogP contribution in [0.3, 0.4) is 0 Å². The first-order valence-corrected chi connectivity index (χ1v) is 11.4. The van der Waals surface area contributed by atoms with E-state index in [1.54, 1.807) is 0 Å². The second kappa shape index (κ2) is 6.41. The molecule has 3 heteroatoms. The van der Waals surface area contributed by atoms with Crippen molar-refractivity contribution >= 4 is 16.9 Å². The highest BCUT2D eigenvalue weighted by Gasteiger charge is 2.35. The van der Waals surface area contributed by atoms with E-state index >= 15 is 0 Å². The monoisotopic (exact) mass is 395 g/mol. The van der Waals surface area contributed by atoms with Gasteiger partial charge >= 0.3 is 0 Å². The van der Waals surface area contributed by atoms with E-state index in [0.717, 1.165) is 30.8 Å². The molecule has 2 unspecified atom stereocenters. The number of rotatable bonds is 3. The van der Waals surface area contributed by atoms with Gasteiger partial charge in [-0.2, -0.15) is 0 Å². The predicted molar refractivity (Wildman–Crippen MR) is 124 cm³/mol. The number of hydrogen-bond donors (Lipinski definition) is 1. The molecular formula is C27H29N3. The molecule has 2 heterocycles. The molecule has 1 N–H and O–H groups in total. The standard InChI is InChI=1S/C27H29N3/c1-14(2)24-12-23-22-9-18-8-17-7-16(26-13-28-27(30-26)15(3)4)5-6-20(17)21(18)10-19(22)11-25(23)29-24/h5-7,9-10,13-15,17,20H,8,11-12H2,1-4H3,(H,28,30). The van der Waals surface area contributed by atoms with Crippen molar-refractivity contribution in [2.45, 2.75) is 58.8 Å². The third-order valence-corrected chi connectivity index (χ3v) is 7.31. The Bertz CT molecular complexity index is 1180. The van der Waals surface area contributed by atoms with E-state index in [1.165, 1.54) is 44.8 Å². The van der Waals surface area contributed by atoms with Gasteiger partial charge in [0, 0.05) is 36.1 Å². The average molecular weight is 396 g/mol. The second-order valence-corrected chi connectivity index (χ2v) is 9.96. The fourth-order valence-electron chi connectivity index (χ4n) is 5.57. The van der Waals surface area contributed by atoms with Gasteiger partial charge in [0.1, 0.15) is 5.82 Å². The summed E-state index contributed by atoms with van der Waals surface area (Å²) >= 11 is 0. The van der Waals surface area contributed by atoms with Gasteiger partial charge in [-0.05, 0) is 51.7 Å². The molecule has 0 saturated heterocycles. The van der Waals surface area contributed by atoms with E-state index in [0.29, 0.717) is 23.7 Å². The van der Waals surface area contributed by atoms with Crippen molar-refractivity contribution in [3.8, 4) is 0 Å². The predicted octanol–water partition coefficient (Wildman–Crippen LogP) is 6.21. The van der Waals surface area contributed by atoms with Gasteiger partial charge in [0.2, 0.25) is 0 Å². The number of imidazole rings is 1. The third-order valence-electron chi connectivity index (χ3n) is 7.31. The van der Waals surface area contributed by atoms with Gasteiger partial charge in [-0.25, -0.2) is 4.98 Å². The number of nitrogens with one attached hydrogen (secondary N) is 1. The quantitative estimate of drug-likeness (QED) is 0.659. The lowest BCUT2D eigenvalue weighted by atomic mass is 9.85. The maximum Gasteiger partial charge on any atom is 0.109 e. The molecule has 3 nitrogen and oxygen atoms in total. The summed E-state index contributed by atoms with van der Waals surface area (Å²) in [6.45, 7) is 8.87. The Hall–Kier alpha value is -2.68. The van der Waals surface area contributed by atoms with E-state index in [-0.39, 0.29) is 0 Å². The van der Waals surface area contributed by atoms with Gasteiger partial charge in [-0.3, -0.25) is 4.99 Å². The fraction of sp³-hybridized carbons (Fsp3) is 0.407. The number of aromatic amines is 1. The maximum absolute atomic E-state index is 4.97. The summed E-state index contributed by atoms with van der Waals surface area (Å²) in [5.74, 6) is 3.09. The topological polar surface area (TPSA) is 41.0 Å². The van der Waals surface area contributed by atoms with E-state index in [1.807, 2.05) is 6.20 Å². The molecule has 2 aromatic rings. The summed E-state index contributed by atoms with van der Waals surface area (Å²) < 4.78 is 0. The normalized spacial score (nSPS) is 23.7. The molecule has 0 spiro atoms. The number of aromatic nitrogens is 2. The highest BCUT2D eigenvalue weighted by Crippen LogP contribution is 2.48. The number of H-pyrrole nitrogens is 1. The second-order valence-electron chi connectivity index (χ2n) is 9.96. The van der Waals surface area contributed by atoms with Crippen LogP contribution < -0.4 is 0 Å². The number of aliphatic imine (C=N–C) groups is 1. The van der Waals surface area contributed by atoms with Crippen LogP contribution in [-0.4, -0.2) is 15.7 Å². The van der Waals surface area contributed by atoms with Crippen molar-refractivity contribution in [3.63, 3.8) is 0 Å². The zero-order chi connectivity index (χ0) is 20.6. The summed E-state index contributed by atoms with van der Waals surface area (Å²) in [4.78, 5) is 13.0. The lowest BCUT2D eigenvalue weighted by Gasteiger charge is -2.19. The smallest absolute Gasteiger partial charge is 0.109 e. The zero-order valence-electron chi connectivity index (χ0n) is 18.3. The summed E-state index contributed by atoms with van der Waals surface area (Å²) in [5.41, 5.74) is 12.6. The fourth-order valence-corrected chi connectivity index (χ4v) is 5.57. The molecule has 30 heavy (non-hydrogen) atoms. The molecular weight excluding hydrogens is 366 g/mol. The van der Waals surface area contributed by atoms with Gasteiger partial charge in [0.05, 0.1) is 11.9 Å². The first-order valence-electron chi connectivity index (χ1n) is 11.4. The Morgan fingerprint density at radius 1 is 1.03 bits per heavy atom. The van der Waals surface area contributed by atoms with Crippen LogP contribution in [0, 0.1) is 11.8 Å². The van der Waals surface area contributed by atoms with Crippen molar-refractivity contribution in [3.05, 3.63) is 76.0 Å². The molecule has 1 aliphatic heterocycles. The highest BCUT2D eigenvalue weighted by atomic mass is 14.9. The van der Waals surface area contributed by atoms with Crippen LogP contribution in [0.5, 0.6) is 0 Å². The van der Waals surface area contributed by atoms with Crippen LogP contribution >= 0.6 is 0 Å². The van der Waals surface area contributed by atoms with Gasteiger partial charge < -0.3 is 4.98 Å². The molecule has 1 aromatic carbocycles. The van der Waals surface area contributed by atoms with Gasteiger partial charge in [0.15, 0.2) is 0 Å². The molecule has 6 rings (SSSR count). The van der Waals surface area contributed by atoms with Crippen molar-refractivity contribution in [1.29, 1.82) is 0 Å². The number of benzene rings is 1. The van der Waals surface area contributed by atoms with Crippen molar-refractivity contribution in [2.75, 3.05) is 0 Å². The van der Waals surface area contributed by atoms with Crippen molar-refractivity contribution in [2.24, 2.45) is 16.8 Å². The summed E-state index contributed by atoms with van der Waals surface area (Å²) in [6.07, 6.45) is 12.4. The molecule has 2 atom stereocenters. The first kappa shape index (κ1) is 18.1. The Morgan fingerprint density at radius 2 is 1.90 bits per heavy atom. The summed E-state index contributed by atoms with van der Waals surface area (Å²) in [5, 5.41) is 0. The van der Waals surface area contributed by atoms with E-state index < -0.39 is 0 Å². The van der Waals surface area contributed by atoms with E-state index in [9.17, 15) is 0 Å². The van der Waals surface area contributed by atoms with Gasteiger partial charge in [0.25, 0.3) is 0 Å². The molecule has 0 amide bonds. The number of hydrogen-bond acceptors (Lipinski definition) is 2. The molecule has 1 aromatic heterocycles. The van der Waals surface area contributed by atoms with E-state index in [2.05, 4.69) is 68.0 Å². The Balaban J connectivity index is 1.29. The molecule has 0 radical (unpaired) electrons. The maximum atomic E-state index is 4.97. The largest absolute Gasteiger partial charge is 0.342 e. The molecule has 0 saturated carbocycles. The number of allylic oxidation sites excluding steroid dienone is 6. The molecule has 4 aliphatic rings. The van der Waals surface area contributed by atoms with Crippen LogP contribution in [0.1, 0.15) is 79.7 Å². The molecule has 152 valence electrons. The third kappa shape index (κ3) is 2.64. The number of nitrogens with zero attached hydrogens (tertiary/aromatic N) is 2. The van der Waals surface area contributed by atoms with Crippen LogP contribution in [0.25, 0.3) is 11.1 Å². The van der Waals surface area contributed by atoms with Crippen molar-refractivity contribution in [1.82, 2.24) is 9.97 Å². The van der Waals surface area contributed by atoms with Gasteiger partial charge in [-0.1, -0.05) is 58.1 Å². The molecule has 0 fully saturated rings. The minimum absolute atomic E-state index is 0.424. The lowest BCUT2D eigenvalue weighted by Crippen LogP contribution is -2.07. The minimum Gasteiger partial charge on any atom is -0.342 e. The minimum atomic E-state index is 0.424. The van der Waals surface area contributed by atoms with Crippen LogP contribution in [0.2, 0.25) is 0 Å². The zero-order valence-corrected chi connectivity index (χ0v) is 18.3. The SMILES string of the molecule is CC(C)C1=NC2=C(C1)c1cc3c(cc1C2)C1C=CC(c2cnc(C(C)C)[nH]2)=CC1C3. The van der Waals surface area contributed by atoms with Crippen LogP contribution in [-0.2, 0) is 12.8 Å². The highest BCUT2D eigenvalue weighted by molar-refractivity contribution is 6.02. The summed E-state index contributed by atoms with van der Waals surface area (Å²) in [6, 6.07) is 4.99. The Morgan fingerprint density at radius 3 is 2.67 bits per heavy atom. The first-order chi connectivity index (χ1) is 14.5. The van der Waals surface area contributed by atoms with Crippen LogP contribution in [0.4, 0.5) is 0 Å². The van der Waals surface area contributed by atoms with Crippen molar-refractivity contribution < 1.29 is 0 Å². The molecule has 0 bridgehead atoms. The lowest BCUT2D eigenvalue weighted by molar-refractivity contribution is 0.632. The number of fused-ring (bicyclic) bond motifs is 5. The van der Waals surface area contributed by atoms with Crippen LogP contribution in [0.15, 0.2) is 47.2 Å². The summed E-state index contributed by atoms with van der Waals surface area (Å²) in [7, 11) is 0. The average Bonchev–Trinajstić information content (AvgIpc) is 3.47. The van der Waals surface area contributed by atoms with E-state index in [4.69, 9.17) is 4.99 Å². The Kier molecular flexibility index (Phi) is 3.87. The Labute approximate surface area is 178 Å².